The topological polar surface area (TPSA) is 74.2 Å². The van der Waals surface area contributed by atoms with Gasteiger partial charge in [0.1, 0.15) is 5.75 Å². The largest absolute Gasteiger partial charge is 0.493 e. The summed E-state index contributed by atoms with van der Waals surface area (Å²) in [6.07, 6.45) is 2.65. The lowest BCUT2D eigenvalue weighted by molar-refractivity contribution is 0.0734. The third kappa shape index (κ3) is 4.01. The molecule has 0 spiro atoms. The van der Waals surface area contributed by atoms with Gasteiger partial charge in [-0.05, 0) is 71.8 Å². The minimum atomic E-state index is -0.438. The van der Waals surface area contributed by atoms with E-state index in [0.717, 1.165) is 47.1 Å². The lowest BCUT2D eigenvalue weighted by atomic mass is 9.94. The molecule has 4 rings (SSSR count). The van der Waals surface area contributed by atoms with Gasteiger partial charge in [0.2, 0.25) is 5.75 Å². The molecule has 0 aliphatic heterocycles. The van der Waals surface area contributed by atoms with Crippen LogP contribution in [0, 0.1) is 0 Å². The van der Waals surface area contributed by atoms with Gasteiger partial charge >= 0.3 is 5.97 Å². The Bertz CT molecular complexity index is 1130. The van der Waals surface area contributed by atoms with Crippen LogP contribution in [0.5, 0.6) is 23.0 Å². The number of esters is 1. The van der Waals surface area contributed by atoms with Crippen molar-refractivity contribution < 1.29 is 28.8 Å². The van der Waals surface area contributed by atoms with E-state index in [0.29, 0.717) is 28.6 Å². The molecule has 6 nitrogen and oxygen atoms in total. The Morgan fingerprint density at radius 3 is 2.25 bits per heavy atom. The smallest absolute Gasteiger partial charge is 0.343 e. The monoisotopic (exact) mass is 434 g/mol. The molecule has 0 atom stereocenters. The predicted molar refractivity (Wildman–Crippen MR) is 121 cm³/mol. The number of carbonyl (C=O) groups excluding carboxylic acids is 1. The highest BCUT2D eigenvalue weighted by Gasteiger charge is 2.25. The number of aryl methyl sites for hydroxylation is 2. The van der Waals surface area contributed by atoms with E-state index in [1.165, 1.54) is 0 Å². The molecule has 0 heterocycles. The third-order valence-corrected chi connectivity index (χ3v) is 5.73. The van der Waals surface area contributed by atoms with Crippen LogP contribution >= 0.6 is 0 Å². The second kappa shape index (κ2) is 9.32. The van der Waals surface area contributed by atoms with Crippen molar-refractivity contribution >= 4 is 5.97 Å². The molecular weight excluding hydrogens is 408 g/mol. The normalized spacial score (nSPS) is 12.2. The van der Waals surface area contributed by atoms with Gasteiger partial charge in [-0.1, -0.05) is 18.2 Å². The van der Waals surface area contributed by atoms with Crippen LogP contribution in [0.25, 0.3) is 11.1 Å². The SMILES string of the molecule is COc1cc2c(c(OC)c1OC)-c1ccc(OC(=O)c3ccc(CO)cc3)cc1CCC2. The molecule has 1 aliphatic rings. The van der Waals surface area contributed by atoms with Crippen LogP contribution in [0.2, 0.25) is 0 Å². The molecule has 0 unspecified atom stereocenters. The van der Waals surface area contributed by atoms with E-state index in [-0.39, 0.29) is 6.61 Å². The van der Waals surface area contributed by atoms with Gasteiger partial charge in [-0.25, -0.2) is 4.79 Å². The van der Waals surface area contributed by atoms with Crippen molar-refractivity contribution in [1.82, 2.24) is 0 Å². The predicted octanol–water partition coefficient (Wildman–Crippen LogP) is 4.58. The number of benzene rings is 3. The minimum Gasteiger partial charge on any atom is -0.493 e. The van der Waals surface area contributed by atoms with Crippen molar-refractivity contribution in [3.63, 3.8) is 0 Å². The number of hydrogen-bond acceptors (Lipinski definition) is 6. The van der Waals surface area contributed by atoms with Gasteiger partial charge in [0, 0.05) is 5.56 Å². The maximum atomic E-state index is 12.6. The molecular formula is C26H26O6. The molecule has 3 aromatic carbocycles. The Morgan fingerprint density at radius 2 is 1.59 bits per heavy atom. The first-order valence-electron chi connectivity index (χ1n) is 10.5. The molecule has 166 valence electrons. The van der Waals surface area contributed by atoms with Gasteiger partial charge in [0.15, 0.2) is 11.5 Å². The average molecular weight is 434 g/mol. The summed E-state index contributed by atoms with van der Waals surface area (Å²) < 4.78 is 22.5. The lowest BCUT2D eigenvalue weighted by Crippen LogP contribution is -2.09. The standard InChI is InChI=1S/C26H26O6/c1-29-22-14-19-6-4-5-18-13-20(32-26(28)17-9-7-16(15-27)8-10-17)11-12-21(18)23(19)25(31-3)24(22)30-2/h7-14,27H,4-6,15H2,1-3H3. The van der Waals surface area contributed by atoms with E-state index in [9.17, 15) is 4.79 Å². The highest BCUT2D eigenvalue weighted by Crippen LogP contribution is 2.49. The van der Waals surface area contributed by atoms with Crippen LogP contribution in [-0.2, 0) is 19.4 Å². The number of aliphatic hydroxyl groups excluding tert-OH is 1. The average Bonchev–Trinajstić information content (AvgIpc) is 3.01. The molecule has 3 aromatic rings. The summed E-state index contributed by atoms with van der Waals surface area (Å²) in [6.45, 7) is -0.0677. The number of fused-ring (bicyclic) bond motifs is 3. The summed E-state index contributed by atoms with van der Waals surface area (Å²) >= 11 is 0. The molecule has 0 radical (unpaired) electrons. The second-order valence-electron chi connectivity index (χ2n) is 7.60. The summed E-state index contributed by atoms with van der Waals surface area (Å²) in [7, 11) is 4.84. The molecule has 0 fully saturated rings. The molecule has 1 N–H and O–H groups in total. The zero-order valence-corrected chi connectivity index (χ0v) is 18.4. The Labute approximate surface area is 187 Å². The van der Waals surface area contributed by atoms with E-state index in [1.54, 1.807) is 51.7 Å². The molecule has 0 bridgehead atoms. The fourth-order valence-corrected chi connectivity index (χ4v) is 4.17. The van der Waals surface area contributed by atoms with Crippen molar-refractivity contribution in [3.8, 4) is 34.1 Å². The molecule has 32 heavy (non-hydrogen) atoms. The summed E-state index contributed by atoms with van der Waals surface area (Å²) in [5.41, 5.74) is 5.40. The van der Waals surface area contributed by atoms with Gasteiger partial charge in [0.05, 0.1) is 33.5 Å². The van der Waals surface area contributed by atoms with Crippen molar-refractivity contribution in [2.24, 2.45) is 0 Å². The second-order valence-corrected chi connectivity index (χ2v) is 7.60. The Morgan fingerprint density at radius 1 is 0.875 bits per heavy atom. The zero-order valence-electron chi connectivity index (χ0n) is 18.4. The first kappa shape index (κ1) is 21.7. The first-order valence-corrected chi connectivity index (χ1v) is 10.5. The number of rotatable bonds is 6. The van der Waals surface area contributed by atoms with Crippen LogP contribution in [0.3, 0.4) is 0 Å². The molecule has 6 heteroatoms. The molecule has 0 aromatic heterocycles. The number of ether oxygens (including phenoxy) is 4. The molecule has 0 saturated heterocycles. The number of hydrogen-bond donors (Lipinski definition) is 1. The van der Waals surface area contributed by atoms with Gasteiger partial charge in [-0.15, -0.1) is 0 Å². The van der Waals surface area contributed by atoms with Crippen molar-refractivity contribution in [2.45, 2.75) is 25.9 Å². The molecule has 0 saturated carbocycles. The minimum absolute atomic E-state index is 0.0677. The van der Waals surface area contributed by atoms with E-state index in [2.05, 4.69) is 0 Å². The van der Waals surface area contributed by atoms with Gasteiger partial charge in [0.25, 0.3) is 0 Å². The quantitative estimate of drug-likeness (QED) is 0.452. The first-order chi connectivity index (χ1) is 15.6. The van der Waals surface area contributed by atoms with Gasteiger partial charge in [-0.2, -0.15) is 0 Å². The Kier molecular flexibility index (Phi) is 6.32. The number of carbonyl (C=O) groups is 1. The Hall–Kier alpha value is -3.51. The van der Waals surface area contributed by atoms with Crippen LogP contribution < -0.4 is 18.9 Å². The van der Waals surface area contributed by atoms with Crippen molar-refractivity contribution in [2.75, 3.05) is 21.3 Å². The Balaban J connectivity index is 1.70. The molecule has 0 amide bonds. The van der Waals surface area contributed by atoms with Gasteiger partial charge in [-0.3, -0.25) is 0 Å². The highest BCUT2D eigenvalue weighted by molar-refractivity contribution is 5.91. The summed E-state index contributed by atoms with van der Waals surface area (Å²) in [4.78, 5) is 12.6. The zero-order chi connectivity index (χ0) is 22.7. The maximum Gasteiger partial charge on any atom is 0.343 e. The van der Waals surface area contributed by atoms with Gasteiger partial charge < -0.3 is 24.1 Å². The van der Waals surface area contributed by atoms with E-state index >= 15 is 0 Å². The van der Waals surface area contributed by atoms with E-state index in [1.807, 2.05) is 18.2 Å². The fourth-order valence-electron chi connectivity index (χ4n) is 4.17. The summed E-state index contributed by atoms with van der Waals surface area (Å²) in [6, 6.07) is 14.4. The summed E-state index contributed by atoms with van der Waals surface area (Å²) in [5.74, 6) is 1.89. The third-order valence-electron chi connectivity index (χ3n) is 5.73. The molecule has 1 aliphatic carbocycles. The van der Waals surface area contributed by atoms with Crippen molar-refractivity contribution in [3.05, 3.63) is 70.8 Å². The van der Waals surface area contributed by atoms with E-state index in [4.69, 9.17) is 24.1 Å². The number of aliphatic hydroxyl groups is 1. The summed E-state index contributed by atoms with van der Waals surface area (Å²) in [5, 5.41) is 9.17. The van der Waals surface area contributed by atoms with Crippen LogP contribution in [0.4, 0.5) is 0 Å². The number of methoxy groups -OCH3 is 3. The maximum absolute atomic E-state index is 12.6. The van der Waals surface area contributed by atoms with Crippen molar-refractivity contribution in [1.29, 1.82) is 0 Å². The van der Waals surface area contributed by atoms with Crippen LogP contribution in [-0.4, -0.2) is 32.4 Å². The fraction of sp³-hybridized carbons (Fsp3) is 0.269. The van der Waals surface area contributed by atoms with E-state index < -0.39 is 5.97 Å². The van der Waals surface area contributed by atoms with Crippen LogP contribution in [0.15, 0.2) is 48.5 Å². The lowest BCUT2D eigenvalue weighted by Gasteiger charge is -2.20. The van der Waals surface area contributed by atoms with Crippen LogP contribution in [0.1, 0.15) is 33.5 Å². The highest BCUT2D eigenvalue weighted by atomic mass is 16.5.